The van der Waals surface area contributed by atoms with Crippen LogP contribution in [-0.2, 0) is 4.79 Å². The number of hydrogen-bond donors (Lipinski definition) is 1. The third kappa shape index (κ3) is 2.26. The number of aromatic nitrogens is 3. The number of anilines is 1. The summed E-state index contributed by atoms with van der Waals surface area (Å²) in [7, 11) is 0. The van der Waals surface area contributed by atoms with E-state index in [9.17, 15) is 4.79 Å². The number of hydrogen-bond acceptors (Lipinski definition) is 4. The van der Waals surface area contributed by atoms with Gasteiger partial charge < -0.3 is 14.1 Å². The van der Waals surface area contributed by atoms with E-state index in [2.05, 4.69) is 15.3 Å². The van der Waals surface area contributed by atoms with Gasteiger partial charge in [0.15, 0.2) is 17.1 Å². The van der Waals surface area contributed by atoms with E-state index in [1.807, 2.05) is 36.6 Å². The molecule has 0 aliphatic heterocycles. The Labute approximate surface area is 127 Å². The number of nitrogens with zero attached hydrogens (tertiary/aromatic N) is 3. The van der Waals surface area contributed by atoms with E-state index in [-0.39, 0.29) is 11.8 Å². The molecule has 3 aromatic rings. The van der Waals surface area contributed by atoms with Gasteiger partial charge >= 0.3 is 0 Å². The molecule has 6 heteroatoms. The average molecular weight is 296 g/mol. The summed E-state index contributed by atoms with van der Waals surface area (Å²) in [5.74, 6) is 2.15. The standard InChI is InChI=1S/C16H16N4O2/c1-9-7-20-8-13(19-16(21)11-4-5-11)18-14(15(20)17-9)12-6-3-10(2)22-12/h3,6-8,11H,4-5H2,1-2H3,(H,19,21). The van der Waals surface area contributed by atoms with E-state index >= 15 is 0 Å². The lowest BCUT2D eigenvalue weighted by Gasteiger charge is -2.07. The molecule has 112 valence electrons. The Morgan fingerprint density at radius 3 is 2.77 bits per heavy atom. The lowest BCUT2D eigenvalue weighted by Crippen LogP contribution is -2.15. The lowest BCUT2D eigenvalue weighted by atomic mass is 10.3. The zero-order valence-corrected chi connectivity index (χ0v) is 12.5. The number of aryl methyl sites for hydroxylation is 2. The van der Waals surface area contributed by atoms with E-state index in [0.717, 1.165) is 29.9 Å². The second kappa shape index (κ2) is 4.69. The van der Waals surface area contributed by atoms with Gasteiger partial charge in [-0.15, -0.1) is 0 Å². The minimum Gasteiger partial charge on any atom is -0.460 e. The van der Waals surface area contributed by atoms with Gasteiger partial charge in [0.2, 0.25) is 5.91 Å². The molecule has 0 spiro atoms. The van der Waals surface area contributed by atoms with Crippen LogP contribution < -0.4 is 5.32 Å². The Hall–Kier alpha value is -2.63. The number of carbonyl (C=O) groups is 1. The number of amides is 1. The van der Waals surface area contributed by atoms with Crippen molar-refractivity contribution in [1.29, 1.82) is 0 Å². The van der Waals surface area contributed by atoms with Crippen molar-refractivity contribution in [3.8, 4) is 11.5 Å². The Kier molecular flexibility index (Phi) is 2.79. The summed E-state index contributed by atoms with van der Waals surface area (Å²) >= 11 is 0. The number of fused-ring (bicyclic) bond motifs is 1. The van der Waals surface area contributed by atoms with Crippen LogP contribution in [0.2, 0.25) is 0 Å². The summed E-state index contributed by atoms with van der Waals surface area (Å²) in [6, 6.07) is 3.76. The molecule has 1 amide bonds. The predicted molar refractivity (Wildman–Crippen MR) is 81.5 cm³/mol. The van der Waals surface area contributed by atoms with Gasteiger partial charge in [-0.1, -0.05) is 0 Å². The fourth-order valence-electron chi connectivity index (χ4n) is 2.48. The van der Waals surface area contributed by atoms with Crippen molar-refractivity contribution in [2.45, 2.75) is 26.7 Å². The maximum absolute atomic E-state index is 12.0. The molecule has 0 radical (unpaired) electrons. The Bertz CT molecular complexity index is 874. The Balaban J connectivity index is 1.83. The quantitative estimate of drug-likeness (QED) is 0.806. The van der Waals surface area contributed by atoms with Gasteiger partial charge in [0.25, 0.3) is 0 Å². The van der Waals surface area contributed by atoms with E-state index in [1.165, 1.54) is 0 Å². The molecule has 0 saturated heterocycles. The molecule has 6 nitrogen and oxygen atoms in total. The third-order valence-electron chi connectivity index (χ3n) is 3.73. The molecule has 0 atom stereocenters. The molecule has 1 aliphatic rings. The second-order valence-corrected chi connectivity index (χ2v) is 5.76. The van der Waals surface area contributed by atoms with Crippen molar-refractivity contribution < 1.29 is 9.21 Å². The largest absolute Gasteiger partial charge is 0.460 e. The van der Waals surface area contributed by atoms with E-state index in [1.54, 1.807) is 6.20 Å². The predicted octanol–water partition coefficient (Wildman–Crippen LogP) is 2.95. The van der Waals surface area contributed by atoms with Gasteiger partial charge in [-0.25, -0.2) is 9.97 Å². The average Bonchev–Trinajstić information content (AvgIpc) is 3.13. The van der Waals surface area contributed by atoms with Gasteiger partial charge in [-0.2, -0.15) is 0 Å². The molecular weight excluding hydrogens is 280 g/mol. The smallest absolute Gasteiger partial charge is 0.228 e. The summed E-state index contributed by atoms with van der Waals surface area (Å²) in [6.45, 7) is 3.81. The van der Waals surface area contributed by atoms with Crippen LogP contribution in [0.5, 0.6) is 0 Å². The third-order valence-corrected chi connectivity index (χ3v) is 3.73. The van der Waals surface area contributed by atoms with Crippen molar-refractivity contribution >= 4 is 17.4 Å². The van der Waals surface area contributed by atoms with E-state index in [4.69, 9.17) is 4.42 Å². The molecule has 1 fully saturated rings. The van der Waals surface area contributed by atoms with Crippen molar-refractivity contribution in [2.75, 3.05) is 5.32 Å². The monoisotopic (exact) mass is 296 g/mol. The minimum atomic E-state index is 0.0327. The topological polar surface area (TPSA) is 72.4 Å². The van der Waals surface area contributed by atoms with Gasteiger partial charge in [0.05, 0.1) is 11.9 Å². The fraction of sp³-hybridized carbons (Fsp3) is 0.312. The van der Waals surface area contributed by atoms with E-state index < -0.39 is 0 Å². The number of rotatable bonds is 3. The highest BCUT2D eigenvalue weighted by Crippen LogP contribution is 2.31. The zero-order valence-electron chi connectivity index (χ0n) is 12.5. The van der Waals surface area contributed by atoms with Crippen LogP contribution >= 0.6 is 0 Å². The lowest BCUT2D eigenvalue weighted by molar-refractivity contribution is -0.117. The SMILES string of the molecule is Cc1cn2cc(NC(=O)C3CC3)nc(-c3ccc(C)o3)c2n1. The first-order valence-electron chi connectivity index (χ1n) is 7.34. The summed E-state index contributed by atoms with van der Waals surface area (Å²) < 4.78 is 7.55. The highest BCUT2D eigenvalue weighted by molar-refractivity contribution is 5.93. The molecule has 1 N–H and O–H groups in total. The molecule has 0 aromatic carbocycles. The van der Waals surface area contributed by atoms with Crippen molar-refractivity contribution in [1.82, 2.24) is 14.4 Å². The van der Waals surface area contributed by atoms with Crippen LogP contribution in [0.3, 0.4) is 0 Å². The number of imidazole rings is 1. The molecular formula is C16H16N4O2. The van der Waals surface area contributed by atoms with Crippen LogP contribution in [0.25, 0.3) is 17.1 Å². The molecule has 0 unspecified atom stereocenters. The first-order valence-corrected chi connectivity index (χ1v) is 7.34. The maximum Gasteiger partial charge on any atom is 0.228 e. The van der Waals surface area contributed by atoms with Crippen molar-refractivity contribution in [3.63, 3.8) is 0 Å². The minimum absolute atomic E-state index is 0.0327. The molecule has 0 bridgehead atoms. The maximum atomic E-state index is 12.0. The first kappa shape index (κ1) is 13.1. The van der Waals surface area contributed by atoms with Crippen molar-refractivity contribution in [3.05, 3.63) is 36.0 Å². The van der Waals surface area contributed by atoms with E-state index in [0.29, 0.717) is 17.3 Å². The molecule has 3 aromatic heterocycles. The Morgan fingerprint density at radius 2 is 2.09 bits per heavy atom. The normalized spacial score (nSPS) is 14.5. The summed E-state index contributed by atoms with van der Waals surface area (Å²) in [5, 5.41) is 2.88. The highest BCUT2D eigenvalue weighted by Gasteiger charge is 2.30. The number of furan rings is 1. The van der Waals surface area contributed by atoms with Crippen LogP contribution in [0.4, 0.5) is 5.82 Å². The van der Waals surface area contributed by atoms with Gasteiger partial charge in [-0.3, -0.25) is 4.79 Å². The number of carbonyl (C=O) groups excluding carboxylic acids is 1. The van der Waals surface area contributed by atoms with Gasteiger partial charge in [-0.05, 0) is 38.8 Å². The molecule has 22 heavy (non-hydrogen) atoms. The second-order valence-electron chi connectivity index (χ2n) is 5.76. The number of nitrogens with one attached hydrogen (secondary N) is 1. The zero-order chi connectivity index (χ0) is 15.3. The molecule has 4 rings (SSSR count). The summed E-state index contributed by atoms with van der Waals surface area (Å²) in [5.41, 5.74) is 2.24. The summed E-state index contributed by atoms with van der Waals surface area (Å²) in [6.07, 6.45) is 5.61. The van der Waals surface area contributed by atoms with Gasteiger partial charge in [0.1, 0.15) is 11.6 Å². The van der Waals surface area contributed by atoms with Crippen LogP contribution in [0.15, 0.2) is 28.9 Å². The Morgan fingerprint density at radius 1 is 1.27 bits per heavy atom. The first-order chi connectivity index (χ1) is 10.6. The van der Waals surface area contributed by atoms with Gasteiger partial charge in [0, 0.05) is 12.1 Å². The molecule has 3 heterocycles. The fourth-order valence-corrected chi connectivity index (χ4v) is 2.48. The van der Waals surface area contributed by atoms with Crippen molar-refractivity contribution in [2.24, 2.45) is 5.92 Å². The molecule has 1 saturated carbocycles. The molecule has 1 aliphatic carbocycles. The van der Waals surface area contributed by atoms with Crippen LogP contribution in [0.1, 0.15) is 24.3 Å². The highest BCUT2D eigenvalue weighted by atomic mass is 16.3. The summed E-state index contributed by atoms with van der Waals surface area (Å²) in [4.78, 5) is 21.0. The van der Waals surface area contributed by atoms with Crippen LogP contribution in [0, 0.1) is 19.8 Å². The van der Waals surface area contributed by atoms with Crippen LogP contribution in [-0.4, -0.2) is 20.3 Å².